The van der Waals surface area contributed by atoms with Crippen LogP contribution in [-0.2, 0) is 12.8 Å². The molecular weight excluding hydrogens is 218 g/mol. The first kappa shape index (κ1) is 11.3. The maximum atomic E-state index is 3.59. The smallest absolute Gasteiger partial charge is 0.0485 e. The third-order valence-electron chi connectivity index (χ3n) is 3.78. The lowest BCUT2D eigenvalue weighted by atomic mass is 10.1. The molecule has 1 N–H and O–H groups in total. The second-order valence-corrected chi connectivity index (χ2v) is 5.11. The Morgan fingerprint density at radius 1 is 0.944 bits per heavy atom. The molecule has 92 valence electrons. The summed E-state index contributed by atoms with van der Waals surface area (Å²) in [7, 11) is 0. The number of hydrogen-bond donors (Lipinski definition) is 1. The second-order valence-electron chi connectivity index (χ2n) is 5.11. The SMILES string of the molecule is CC(Nc1ccc2c(c1)CCC2)c1ccccc1. The Morgan fingerprint density at radius 2 is 1.72 bits per heavy atom. The van der Waals surface area contributed by atoms with Gasteiger partial charge in [0.15, 0.2) is 0 Å². The van der Waals surface area contributed by atoms with E-state index < -0.39 is 0 Å². The summed E-state index contributed by atoms with van der Waals surface area (Å²) >= 11 is 0. The summed E-state index contributed by atoms with van der Waals surface area (Å²) in [5.41, 5.74) is 5.64. The van der Waals surface area contributed by atoms with Crippen molar-refractivity contribution in [3.8, 4) is 0 Å². The van der Waals surface area contributed by atoms with Crippen LogP contribution >= 0.6 is 0 Å². The van der Waals surface area contributed by atoms with Crippen molar-refractivity contribution in [3.63, 3.8) is 0 Å². The second kappa shape index (κ2) is 4.85. The van der Waals surface area contributed by atoms with Crippen LogP contribution in [-0.4, -0.2) is 0 Å². The largest absolute Gasteiger partial charge is 0.379 e. The molecule has 3 rings (SSSR count). The first-order valence-electron chi connectivity index (χ1n) is 6.76. The van der Waals surface area contributed by atoms with Crippen molar-refractivity contribution in [1.29, 1.82) is 0 Å². The number of anilines is 1. The molecule has 0 radical (unpaired) electrons. The van der Waals surface area contributed by atoms with E-state index in [9.17, 15) is 0 Å². The van der Waals surface area contributed by atoms with Gasteiger partial charge in [-0.05, 0) is 55.0 Å². The molecule has 0 heterocycles. The van der Waals surface area contributed by atoms with Crippen LogP contribution in [0.1, 0.15) is 36.1 Å². The monoisotopic (exact) mass is 237 g/mol. The summed E-state index contributed by atoms with van der Waals surface area (Å²) < 4.78 is 0. The maximum absolute atomic E-state index is 3.59. The first-order chi connectivity index (χ1) is 8.83. The van der Waals surface area contributed by atoms with Crippen LogP contribution in [0.3, 0.4) is 0 Å². The molecule has 0 fully saturated rings. The zero-order chi connectivity index (χ0) is 12.4. The van der Waals surface area contributed by atoms with E-state index in [-0.39, 0.29) is 0 Å². The molecule has 0 amide bonds. The van der Waals surface area contributed by atoms with E-state index in [1.165, 1.54) is 41.6 Å². The number of nitrogens with one attached hydrogen (secondary N) is 1. The van der Waals surface area contributed by atoms with Gasteiger partial charge in [0.05, 0.1) is 0 Å². The third-order valence-corrected chi connectivity index (χ3v) is 3.78. The molecule has 1 aliphatic rings. The van der Waals surface area contributed by atoms with Crippen molar-refractivity contribution in [2.75, 3.05) is 5.32 Å². The molecule has 2 aromatic rings. The minimum absolute atomic E-state index is 0.352. The van der Waals surface area contributed by atoms with Crippen molar-refractivity contribution >= 4 is 5.69 Å². The van der Waals surface area contributed by atoms with Crippen LogP contribution in [0.4, 0.5) is 5.69 Å². The van der Waals surface area contributed by atoms with E-state index in [0.29, 0.717) is 6.04 Å². The fourth-order valence-electron chi connectivity index (χ4n) is 2.74. The highest BCUT2D eigenvalue weighted by Gasteiger charge is 2.11. The van der Waals surface area contributed by atoms with Crippen molar-refractivity contribution in [1.82, 2.24) is 0 Å². The quantitative estimate of drug-likeness (QED) is 0.837. The van der Waals surface area contributed by atoms with E-state index in [2.05, 4.69) is 60.8 Å². The van der Waals surface area contributed by atoms with Gasteiger partial charge in [0.1, 0.15) is 0 Å². The number of aryl methyl sites for hydroxylation is 2. The van der Waals surface area contributed by atoms with Crippen LogP contribution < -0.4 is 5.32 Å². The third kappa shape index (κ3) is 2.26. The Morgan fingerprint density at radius 3 is 2.56 bits per heavy atom. The van der Waals surface area contributed by atoms with Crippen molar-refractivity contribution in [3.05, 3.63) is 65.2 Å². The van der Waals surface area contributed by atoms with Gasteiger partial charge >= 0.3 is 0 Å². The Balaban J connectivity index is 1.77. The van der Waals surface area contributed by atoms with E-state index in [1.54, 1.807) is 0 Å². The Hall–Kier alpha value is -1.76. The van der Waals surface area contributed by atoms with Gasteiger partial charge < -0.3 is 5.32 Å². The lowest BCUT2D eigenvalue weighted by molar-refractivity contribution is 0.884. The summed E-state index contributed by atoms with van der Waals surface area (Å²) in [5, 5.41) is 3.59. The van der Waals surface area contributed by atoms with Crippen molar-refractivity contribution in [2.24, 2.45) is 0 Å². The van der Waals surface area contributed by atoms with Crippen LogP contribution in [0.5, 0.6) is 0 Å². The van der Waals surface area contributed by atoms with Gasteiger partial charge in [-0.2, -0.15) is 0 Å². The van der Waals surface area contributed by atoms with E-state index in [1.807, 2.05) is 0 Å². The van der Waals surface area contributed by atoms with Crippen LogP contribution in [0, 0.1) is 0 Å². The molecule has 0 aliphatic heterocycles. The van der Waals surface area contributed by atoms with Crippen molar-refractivity contribution in [2.45, 2.75) is 32.2 Å². The first-order valence-corrected chi connectivity index (χ1v) is 6.76. The Kier molecular flexibility index (Phi) is 3.06. The fraction of sp³-hybridized carbons (Fsp3) is 0.294. The molecule has 1 unspecified atom stereocenters. The average Bonchev–Trinajstić information content (AvgIpc) is 2.87. The van der Waals surface area contributed by atoms with Crippen molar-refractivity contribution < 1.29 is 0 Å². The summed E-state index contributed by atoms with van der Waals surface area (Å²) in [6.45, 7) is 2.21. The summed E-state index contributed by atoms with van der Waals surface area (Å²) in [5.74, 6) is 0. The molecule has 1 atom stereocenters. The van der Waals surface area contributed by atoms with Crippen LogP contribution in [0.15, 0.2) is 48.5 Å². The van der Waals surface area contributed by atoms with Gasteiger partial charge in [-0.25, -0.2) is 0 Å². The zero-order valence-electron chi connectivity index (χ0n) is 10.8. The standard InChI is InChI=1S/C17H19N/c1-13(14-6-3-2-4-7-14)18-17-11-10-15-8-5-9-16(15)12-17/h2-4,6-7,10-13,18H,5,8-9H2,1H3. The molecule has 1 heteroatoms. The summed E-state index contributed by atoms with van der Waals surface area (Å²) in [4.78, 5) is 0. The fourth-order valence-corrected chi connectivity index (χ4v) is 2.74. The normalized spacial score (nSPS) is 15.2. The molecule has 18 heavy (non-hydrogen) atoms. The maximum Gasteiger partial charge on any atom is 0.0485 e. The van der Waals surface area contributed by atoms with Gasteiger partial charge in [-0.3, -0.25) is 0 Å². The van der Waals surface area contributed by atoms with E-state index in [4.69, 9.17) is 0 Å². The molecule has 2 aromatic carbocycles. The highest BCUT2D eigenvalue weighted by molar-refractivity contribution is 5.51. The predicted molar refractivity (Wildman–Crippen MR) is 76.9 cm³/mol. The van der Waals surface area contributed by atoms with Gasteiger partial charge in [0, 0.05) is 11.7 Å². The molecular formula is C17H19N. The minimum atomic E-state index is 0.352. The highest BCUT2D eigenvalue weighted by Crippen LogP contribution is 2.27. The average molecular weight is 237 g/mol. The van der Waals surface area contributed by atoms with E-state index in [0.717, 1.165) is 0 Å². The predicted octanol–water partition coefficient (Wildman–Crippen LogP) is 4.35. The van der Waals surface area contributed by atoms with Gasteiger partial charge in [-0.15, -0.1) is 0 Å². The zero-order valence-corrected chi connectivity index (χ0v) is 10.8. The molecule has 0 saturated heterocycles. The number of hydrogen-bond acceptors (Lipinski definition) is 1. The topological polar surface area (TPSA) is 12.0 Å². The molecule has 0 aromatic heterocycles. The molecule has 0 saturated carbocycles. The minimum Gasteiger partial charge on any atom is -0.379 e. The summed E-state index contributed by atoms with van der Waals surface area (Å²) in [6.07, 6.45) is 3.81. The molecule has 1 nitrogen and oxygen atoms in total. The van der Waals surface area contributed by atoms with Gasteiger partial charge in [0.2, 0.25) is 0 Å². The van der Waals surface area contributed by atoms with Crippen LogP contribution in [0.2, 0.25) is 0 Å². The number of benzene rings is 2. The summed E-state index contributed by atoms with van der Waals surface area (Å²) in [6, 6.07) is 17.8. The lowest BCUT2D eigenvalue weighted by Crippen LogP contribution is -2.06. The number of fused-ring (bicyclic) bond motifs is 1. The Labute approximate surface area is 109 Å². The van der Waals surface area contributed by atoms with Crippen LogP contribution in [0.25, 0.3) is 0 Å². The van der Waals surface area contributed by atoms with Gasteiger partial charge in [-0.1, -0.05) is 36.4 Å². The Bertz CT molecular complexity index is 531. The lowest BCUT2D eigenvalue weighted by Gasteiger charge is -2.16. The van der Waals surface area contributed by atoms with E-state index >= 15 is 0 Å². The highest BCUT2D eigenvalue weighted by atomic mass is 14.9. The number of rotatable bonds is 3. The molecule has 0 spiro atoms. The molecule has 0 bridgehead atoms. The molecule has 1 aliphatic carbocycles. The van der Waals surface area contributed by atoms with Gasteiger partial charge in [0.25, 0.3) is 0 Å².